The normalized spacial score (nSPS) is 13.0. The van der Waals surface area contributed by atoms with E-state index in [0.29, 0.717) is 24.2 Å². The molecule has 0 atom stereocenters. The number of carbonyl (C=O) groups excluding carboxylic acids is 2. The number of thiophene rings is 1. The predicted molar refractivity (Wildman–Crippen MR) is 154 cm³/mol. The van der Waals surface area contributed by atoms with E-state index in [-0.39, 0.29) is 38.0 Å². The van der Waals surface area contributed by atoms with Crippen molar-refractivity contribution in [2.75, 3.05) is 26.4 Å². The number of halogens is 1. The summed E-state index contributed by atoms with van der Waals surface area (Å²) in [6.07, 6.45) is -0.148. The second kappa shape index (κ2) is 12.2. The molecule has 0 fully saturated rings. The first-order chi connectivity index (χ1) is 19.7. The fourth-order valence-electron chi connectivity index (χ4n) is 4.49. The number of ether oxygens (including phenoxy) is 3. The summed E-state index contributed by atoms with van der Waals surface area (Å²) in [6.45, 7) is 6.68. The van der Waals surface area contributed by atoms with E-state index in [1.165, 1.54) is 17.4 Å². The number of nitrogens with one attached hydrogen (secondary N) is 2. The van der Waals surface area contributed by atoms with Crippen LogP contribution in [0.1, 0.15) is 31.9 Å². The molecule has 1 aliphatic rings. The lowest BCUT2D eigenvalue weighted by atomic mass is 9.96. The Morgan fingerprint density at radius 2 is 1.90 bits per heavy atom. The van der Waals surface area contributed by atoms with Gasteiger partial charge in [0.05, 0.1) is 24.3 Å². The molecule has 2 aromatic carbocycles. The first-order valence-electron chi connectivity index (χ1n) is 13.3. The van der Waals surface area contributed by atoms with Gasteiger partial charge in [0.2, 0.25) is 5.91 Å². The van der Waals surface area contributed by atoms with Gasteiger partial charge in [-0.15, -0.1) is 21.5 Å². The van der Waals surface area contributed by atoms with Gasteiger partial charge in [-0.25, -0.2) is 9.18 Å². The minimum atomic E-state index is -0.572. The molecule has 2 amide bonds. The standard InChI is InChI=1S/C30H31FN4O5S/c1-30(2,3)40-29(37)32-10-11-38-12-13-39-27-21(5-4-6-23(27)31)26-28-22(9-14-41-28)25(34-35-26)19-8-7-18-16-24(36)33-17-20(18)15-19/h4-9,14-15H,10-13,16-17H2,1-3H3,(H,32,37)(H,33,36). The van der Waals surface area contributed by atoms with E-state index in [4.69, 9.17) is 14.2 Å². The van der Waals surface area contributed by atoms with Crippen molar-refractivity contribution in [1.29, 1.82) is 0 Å². The van der Waals surface area contributed by atoms with E-state index >= 15 is 0 Å². The monoisotopic (exact) mass is 578 g/mol. The maximum atomic E-state index is 14.9. The second-order valence-electron chi connectivity index (χ2n) is 10.5. The van der Waals surface area contributed by atoms with E-state index in [1.54, 1.807) is 32.9 Å². The molecule has 0 saturated carbocycles. The van der Waals surface area contributed by atoms with Gasteiger partial charge in [-0.05, 0) is 61.5 Å². The number of benzene rings is 2. The van der Waals surface area contributed by atoms with Crippen molar-refractivity contribution in [2.24, 2.45) is 0 Å². The molecule has 1 aliphatic heterocycles. The molecule has 2 N–H and O–H groups in total. The van der Waals surface area contributed by atoms with Crippen LogP contribution in [-0.4, -0.2) is 54.2 Å². The average molecular weight is 579 g/mol. The third kappa shape index (κ3) is 6.80. The Morgan fingerprint density at radius 3 is 2.73 bits per heavy atom. The Hall–Kier alpha value is -4.09. The Kier molecular flexibility index (Phi) is 8.46. The summed E-state index contributed by atoms with van der Waals surface area (Å²) in [4.78, 5) is 23.4. The Balaban J connectivity index is 1.28. The molecule has 0 saturated heterocycles. The molecule has 0 spiro atoms. The fraction of sp³-hybridized carbons (Fsp3) is 0.333. The van der Waals surface area contributed by atoms with E-state index in [1.807, 2.05) is 29.6 Å². The van der Waals surface area contributed by atoms with E-state index in [0.717, 1.165) is 32.5 Å². The topological polar surface area (TPSA) is 112 Å². The zero-order chi connectivity index (χ0) is 29.0. The van der Waals surface area contributed by atoms with Crippen LogP contribution < -0.4 is 15.4 Å². The number of amides is 2. The van der Waals surface area contributed by atoms with Crippen LogP contribution in [-0.2, 0) is 27.2 Å². The fourth-order valence-corrected chi connectivity index (χ4v) is 5.39. The molecule has 0 bridgehead atoms. The Morgan fingerprint density at radius 1 is 1.07 bits per heavy atom. The van der Waals surface area contributed by atoms with Gasteiger partial charge >= 0.3 is 6.09 Å². The third-order valence-corrected chi connectivity index (χ3v) is 7.22. The maximum absolute atomic E-state index is 14.9. The Bertz CT molecular complexity index is 1580. The van der Waals surface area contributed by atoms with Crippen LogP contribution >= 0.6 is 11.3 Å². The Labute approximate surface area is 241 Å². The van der Waals surface area contributed by atoms with Crippen LogP contribution in [0.3, 0.4) is 0 Å². The second-order valence-corrected chi connectivity index (χ2v) is 11.4. The number of fused-ring (bicyclic) bond motifs is 2. The lowest BCUT2D eigenvalue weighted by Gasteiger charge is -2.19. The lowest BCUT2D eigenvalue weighted by Crippen LogP contribution is -2.34. The van der Waals surface area contributed by atoms with Crippen molar-refractivity contribution >= 4 is 33.4 Å². The summed E-state index contributed by atoms with van der Waals surface area (Å²) in [5, 5.41) is 17.4. The van der Waals surface area contributed by atoms with E-state index < -0.39 is 17.5 Å². The maximum Gasteiger partial charge on any atom is 0.407 e. The van der Waals surface area contributed by atoms with Gasteiger partial charge in [-0.2, -0.15) is 0 Å². The zero-order valence-corrected chi connectivity index (χ0v) is 23.9. The quantitative estimate of drug-likeness (QED) is 0.261. The number of para-hydroxylation sites is 1. The first-order valence-corrected chi connectivity index (χ1v) is 14.2. The lowest BCUT2D eigenvalue weighted by molar-refractivity contribution is -0.121. The molecule has 3 heterocycles. The van der Waals surface area contributed by atoms with Crippen molar-refractivity contribution in [3.63, 3.8) is 0 Å². The first kappa shape index (κ1) is 28.4. The molecule has 4 aromatic rings. The molecule has 0 radical (unpaired) electrons. The molecule has 0 unspecified atom stereocenters. The third-order valence-electron chi connectivity index (χ3n) is 6.30. The van der Waals surface area contributed by atoms with Gasteiger partial charge in [-0.1, -0.05) is 18.2 Å². The number of nitrogens with zero attached hydrogens (tertiary/aromatic N) is 2. The molecular weight excluding hydrogens is 547 g/mol. The van der Waals surface area contributed by atoms with Gasteiger partial charge < -0.3 is 24.8 Å². The zero-order valence-electron chi connectivity index (χ0n) is 23.1. The highest BCUT2D eigenvalue weighted by Gasteiger charge is 2.21. The minimum absolute atomic E-state index is 0.0181. The highest BCUT2D eigenvalue weighted by Crippen LogP contribution is 2.40. The summed E-state index contributed by atoms with van der Waals surface area (Å²) in [7, 11) is 0. The van der Waals surface area contributed by atoms with E-state index in [2.05, 4.69) is 20.8 Å². The predicted octanol–water partition coefficient (Wildman–Crippen LogP) is 5.26. The van der Waals surface area contributed by atoms with Gasteiger partial charge in [0.15, 0.2) is 11.6 Å². The number of hydrogen-bond acceptors (Lipinski definition) is 8. The van der Waals surface area contributed by atoms with Gasteiger partial charge in [-0.3, -0.25) is 4.79 Å². The summed E-state index contributed by atoms with van der Waals surface area (Å²) in [6, 6.07) is 12.6. The van der Waals surface area contributed by atoms with Crippen molar-refractivity contribution in [2.45, 2.75) is 39.3 Å². The van der Waals surface area contributed by atoms with Crippen molar-refractivity contribution in [3.05, 3.63) is 64.8 Å². The smallest absolute Gasteiger partial charge is 0.407 e. The highest BCUT2D eigenvalue weighted by atomic mass is 32.1. The minimum Gasteiger partial charge on any atom is -0.487 e. The number of aromatic nitrogens is 2. The van der Waals surface area contributed by atoms with Crippen LogP contribution in [0.4, 0.5) is 9.18 Å². The largest absolute Gasteiger partial charge is 0.487 e. The van der Waals surface area contributed by atoms with Gasteiger partial charge in [0.1, 0.15) is 23.6 Å². The van der Waals surface area contributed by atoms with Crippen molar-refractivity contribution < 1.29 is 28.2 Å². The van der Waals surface area contributed by atoms with Crippen LogP contribution in [0.5, 0.6) is 5.75 Å². The van der Waals surface area contributed by atoms with Gasteiger partial charge in [0, 0.05) is 29.6 Å². The summed E-state index contributed by atoms with van der Waals surface area (Å²) in [5.74, 6) is -0.421. The number of hydrogen-bond donors (Lipinski definition) is 2. The molecule has 41 heavy (non-hydrogen) atoms. The van der Waals surface area contributed by atoms with Crippen LogP contribution in [0, 0.1) is 5.82 Å². The molecule has 2 aromatic heterocycles. The highest BCUT2D eigenvalue weighted by molar-refractivity contribution is 7.17. The van der Waals surface area contributed by atoms with E-state index in [9.17, 15) is 14.0 Å². The SMILES string of the molecule is CC(C)(C)OC(=O)NCCOCCOc1c(F)cccc1-c1nnc(-c2ccc3c(c2)CNC(=O)C3)c2ccsc12. The molecule has 0 aliphatic carbocycles. The molecular formula is C30H31FN4O5S. The summed E-state index contributed by atoms with van der Waals surface area (Å²) < 4.78 is 32.3. The summed E-state index contributed by atoms with van der Waals surface area (Å²) in [5.41, 5.74) is 4.14. The molecule has 11 heteroatoms. The van der Waals surface area contributed by atoms with Crippen LogP contribution in [0.15, 0.2) is 47.8 Å². The molecule has 5 rings (SSSR count). The van der Waals surface area contributed by atoms with Crippen molar-refractivity contribution in [3.8, 4) is 28.3 Å². The van der Waals surface area contributed by atoms with Gasteiger partial charge in [0.25, 0.3) is 0 Å². The average Bonchev–Trinajstić information content (AvgIpc) is 3.42. The van der Waals surface area contributed by atoms with Crippen LogP contribution in [0.2, 0.25) is 0 Å². The summed E-state index contributed by atoms with van der Waals surface area (Å²) >= 11 is 1.50. The number of carbonyl (C=O) groups is 2. The number of alkyl carbamates (subject to hydrolysis) is 1. The number of rotatable bonds is 9. The molecule has 9 nitrogen and oxygen atoms in total. The van der Waals surface area contributed by atoms with Crippen LogP contribution in [0.25, 0.3) is 32.6 Å². The van der Waals surface area contributed by atoms with Crippen molar-refractivity contribution in [1.82, 2.24) is 20.8 Å². The molecule has 214 valence electrons.